The lowest BCUT2D eigenvalue weighted by molar-refractivity contribution is -0.112. The number of benzene rings is 1. The van der Waals surface area contributed by atoms with Gasteiger partial charge in [-0.15, -0.1) is 0 Å². The summed E-state index contributed by atoms with van der Waals surface area (Å²) in [7, 11) is 0. The van der Waals surface area contributed by atoms with E-state index in [0.29, 0.717) is 0 Å². The summed E-state index contributed by atoms with van der Waals surface area (Å²) in [6.45, 7) is 3.32. The van der Waals surface area contributed by atoms with E-state index in [0.717, 1.165) is 11.4 Å². The van der Waals surface area contributed by atoms with Gasteiger partial charge in [-0.2, -0.15) is 0 Å². The Morgan fingerprint density at radius 2 is 1.86 bits per heavy atom. The fourth-order valence-electron chi connectivity index (χ4n) is 1.11. The second kappa shape index (κ2) is 4.46. The van der Waals surface area contributed by atoms with Crippen molar-refractivity contribution in [3.8, 4) is 5.75 Å². The van der Waals surface area contributed by atoms with Gasteiger partial charge in [0.05, 0.1) is 0 Å². The first-order valence-corrected chi connectivity index (χ1v) is 4.33. The Hall–Kier alpha value is -1.77. The highest BCUT2D eigenvalue weighted by molar-refractivity contribution is 5.88. The van der Waals surface area contributed by atoms with Crippen LogP contribution in [0.2, 0.25) is 0 Å². The SMILES string of the molecule is CC(=O)/C=C(/C)Nc1ccc(O)cc1. The van der Waals surface area contributed by atoms with E-state index in [1.165, 1.54) is 13.0 Å². The largest absolute Gasteiger partial charge is 0.508 e. The van der Waals surface area contributed by atoms with Gasteiger partial charge in [0.25, 0.3) is 0 Å². The highest BCUT2D eigenvalue weighted by Crippen LogP contribution is 2.15. The van der Waals surface area contributed by atoms with E-state index < -0.39 is 0 Å². The van der Waals surface area contributed by atoms with Gasteiger partial charge in [0.2, 0.25) is 0 Å². The molecule has 0 amide bonds. The number of ketones is 1. The summed E-state index contributed by atoms with van der Waals surface area (Å²) < 4.78 is 0. The van der Waals surface area contributed by atoms with E-state index in [2.05, 4.69) is 5.32 Å². The summed E-state index contributed by atoms with van der Waals surface area (Å²) in [6, 6.07) is 6.66. The molecule has 1 aromatic carbocycles. The number of rotatable bonds is 3. The molecule has 0 atom stereocenters. The normalized spacial score (nSPS) is 11.1. The lowest BCUT2D eigenvalue weighted by atomic mass is 10.3. The highest BCUT2D eigenvalue weighted by atomic mass is 16.3. The van der Waals surface area contributed by atoms with Crippen LogP contribution in [0.5, 0.6) is 5.75 Å². The number of phenols is 1. The van der Waals surface area contributed by atoms with Crippen LogP contribution in [0.3, 0.4) is 0 Å². The van der Waals surface area contributed by atoms with Crippen molar-refractivity contribution in [3.63, 3.8) is 0 Å². The third-order valence-electron chi connectivity index (χ3n) is 1.63. The first kappa shape index (κ1) is 10.3. The number of carbonyl (C=O) groups is 1. The summed E-state index contributed by atoms with van der Waals surface area (Å²) in [4.78, 5) is 10.7. The van der Waals surface area contributed by atoms with Crippen LogP contribution in [0.4, 0.5) is 5.69 Å². The van der Waals surface area contributed by atoms with Crippen molar-refractivity contribution in [2.75, 3.05) is 5.32 Å². The second-order valence-electron chi connectivity index (χ2n) is 3.11. The third kappa shape index (κ3) is 3.31. The average Bonchev–Trinajstić information content (AvgIpc) is 2.07. The zero-order valence-corrected chi connectivity index (χ0v) is 8.24. The van der Waals surface area contributed by atoms with E-state index in [4.69, 9.17) is 5.11 Å². The van der Waals surface area contributed by atoms with E-state index in [9.17, 15) is 4.79 Å². The average molecular weight is 191 g/mol. The van der Waals surface area contributed by atoms with E-state index in [1.54, 1.807) is 24.3 Å². The van der Waals surface area contributed by atoms with E-state index in [1.807, 2.05) is 6.92 Å². The Bertz CT molecular complexity index is 352. The highest BCUT2D eigenvalue weighted by Gasteiger charge is 1.94. The van der Waals surface area contributed by atoms with Crippen LogP contribution in [-0.4, -0.2) is 10.9 Å². The van der Waals surface area contributed by atoms with Gasteiger partial charge in [0.15, 0.2) is 5.78 Å². The van der Waals surface area contributed by atoms with Crippen molar-refractivity contribution >= 4 is 11.5 Å². The van der Waals surface area contributed by atoms with Gasteiger partial charge in [-0.05, 0) is 44.2 Å². The monoisotopic (exact) mass is 191 g/mol. The predicted molar refractivity (Wildman–Crippen MR) is 56.2 cm³/mol. The molecule has 1 aromatic rings. The van der Waals surface area contributed by atoms with Gasteiger partial charge in [-0.25, -0.2) is 0 Å². The summed E-state index contributed by atoms with van der Waals surface area (Å²) in [5, 5.41) is 12.1. The number of allylic oxidation sites excluding steroid dienone is 2. The number of carbonyl (C=O) groups excluding carboxylic acids is 1. The summed E-state index contributed by atoms with van der Waals surface area (Å²) in [5.74, 6) is 0.234. The number of nitrogens with one attached hydrogen (secondary N) is 1. The first-order valence-electron chi connectivity index (χ1n) is 4.33. The molecular weight excluding hydrogens is 178 g/mol. The van der Waals surface area contributed by atoms with Gasteiger partial charge in [0, 0.05) is 11.4 Å². The van der Waals surface area contributed by atoms with Crippen LogP contribution in [0.1, 0.15) is 13.8 Å². The fraction of sp³-hybridized carbons (Fsp3) is 0.182. The van der Waals surface area contributed by atoms with Gasteiger partial charge in [0.1, 0.15) is 5.75 Å². The van der Waals surface area contributed by atoms with Crippen molar-refractivity contribution in [1.82, 2.24) is 0 Å². The third-order valence-corrected chi connectivity index (χ3v) is 1.63. The molecule has 3 heteroatoms. The minimum atomic E-state index is 0.00813. The van der Waals surface area contributed by atoms with Crippen molar-refractivity contribution in [3.05, 3.63) is 36.0 Å². The molecule has 0 aromatic heterocycles. The first-order chi connectivity index (χ1) is 6.58. The molecule has 0 aliphatic rings. The molecule has 0 saturated heterocycles. The second-order valence-corrected chi connectivity index (χ2v) is 3.11. The zero-order valence-electron chi connectivity index (χ0n) is 8.24. The maximum Gasteiger partial charge on any atom is 0.154 e. The number of phenolic OH excluding ortho intramolecular Hbond substituents is 1. The topological polar surface area (TPSA) is 49.3 Å². The standard InChI is InChI=1S/C11H13NO2/c1-8(7-9(2)13)12-10-3-5-11(14)6-4-10/h3-7,12,14H,1-2H3/b8-7-. The van der Waals surface area contributed by atoms with Crippen LogP contribution in [0.25, 0.3) is 0 Å². The van der Waals surface area contributed by atoms with Crippen molar-refractivity contribution in [2.45, 2.75) is 13.8 Å². The number of aromatic hydroxyl groups is 1. The Balaban J connectivity index is 2.69. The quantitative estimate of drug-likeness (QED) is 0.569. The van der Waals surface area contributed by atoms with E-state index in [-0.39, 0.29) is 11.5 Å². The zero-order chi connectivity index (χ0) is 10.6. The molecule has 0 heterocycles. The molecule has 3 nitrogen and oxygen atoms in total. The molecule has 0 unspecified atom stereocenters. The Morgan fingerprint density at radius 3 is 2.36 bits per heavy atom. The summed E-state index contributed by atoms with van der Waals surface area (Å²) >= 11 is 0. The molecule has 0 aliphatic carbocycles. The van der Waals surface area contributed by atoms with Gasteiger partial charge >= 0.3 is 0 Å². The maximum absolute atomic E-state index is 10.7. The molecule has 0 spiro atoms. The lowest BCUT2D eigenvalue weighted by Crippen LogP contribution is -1.97. The lowest BCUT2D eigenvalue weighted by Gasteiger charge is -2.05. The predicted octanol–water partition coefficient (Wildman–Crippen LogP) is 2.30. The van der Waals surface area contributed by atoms with Crippen LogP contribution in [0, 0.1) is 0 Å². The molecule has 0 aliphatic heterocycles. The number of hydrogen-bond acceptors (Lipinski definition) is 3. The van der Waals surface area contributed by atoms with Crippen molar-refractivity contribution in [2.24, 2.45) is 0 Å². The fourth-order valence-corrected chi connectivity index (χ4v) is 1.11. The van der Waals surface area contributed by atoms with Crippen LogP contribution in [0.15, 0.2) is 36.0 Å². The van der Waals surface area contributed by atoms with Crippen molar-refractivity contribution in [1.29, 1.82) is 0 Å². The maximum atomic E-state index is 10.7. The van der Waals surface area contributed by atoms with Gasteiger partial charge in [-0.3, -0.25) is 4.79 Å². The van der Waals surface area contributed by atoms with Crippen molar-refractivity contribution < 1.29 is 9.90 Å². The summed E-state index contributed by atoms with van der Waals surface area (Å²) in [6.07, 6.45) is 1.52. The Morgan fingerprint density at radius 1 is 1.29 bits per heavy atom. The molecule has 14 heavy (non-hydrogen) atoms. The molecular formula is C11H13NO2. The molecule has 74 valence electrons. The number of anilines is 1. The van der Waals surface area contributed by atoms with E-state index >= 15 is 0 Å². The molecule has 0 bridgehead atoms. The Kier molecular flexibility index (Phi) is 3.29. The number of hydrogen-bond donors (Lipinski definition) is 2. The van der Waals surface area contributed by atoms with Gasteiger partial charge in [-0.1, -0.05) is 0 Å². The molecule has 0 saturated carbocycles. The van der Waals surface area contributed by atoms with Crippen LogP contribution >= 0.6 is 0 Å². The molecule has 1 rings (SSSR count). The van der Waals surface area contributed by atoms with Crippen LogP contribution in [-0.2, 0) is 4.79 Å². The van der Waals surface area contributed by atoms with Crippen LogP contribution < -0.4 is 5.32 Å². The molecule has 0 fully saturated rings. The minimum Gasteiger partial charge on any atom is -0.508 e. The molecule has 2 N–H and O–H groups in total. The van der Waals surface area contributed by atoms with Gasteiger partial charge < -0.3 is 10.4 Å². The molecule has 0 radical (unpaired) electrons. The summed E-state index contributed by atoms with van der Waals surface area (Å²) in [5.41, 5.74) is 1.63. The minimum absolute atomic E-state index is 0.00813. The smallest absolute Gasteiger partial charge is 0.154 e. The Labute approximate surface area is 83.1 Å².